The highest BCUT2D eigenvalue weighted by Crippen LogP contribution is 2.24. The summed E-state index contributed by atoms with van der Waals surface area (Å²) in [6, 6.07) is 4.82. The van der Waals surface area contributed by atoms with Gasteiger partial charge in [-0.25, -0.2) is 9.18 Å². The minimum absolute atomic E-state index is 0.231. The fourth-order valence-corrected chi connectivity index (χ4v) is 2.74. The van der Waals surface area contributed by atoms with Crippen molar-refractivity contribution in [3.63, 3.8) is 0 Å². The molecule has 1 aromatic carbocycles. The minimum Gasteiger partial charge on any atom is -0.393 e. The second-order valence-corrected chi connectivity index (χ2v) is 6.80. The molecule has 3 N–H and O–H groups in total. The zero-order chi connectivity index (χ0) is 17.5. The minimum atomic E-state index is -0.286. The lowest BCUT2D eigenvalue weighted by molar-refractivity contribution is 0.145. The van der Waals surface area contributed by atoms with Crippen LogP contribution in [0.1, 0.15) is 38.7 Å². The predicted octanol–water partition coefficient (Wildman–Crippen LogP) is 2.63. The Kier molecular flexibility index (Phi) is 6.85. The zero-order valence-corrected chi connectivity index (χ0v) is 14.5. The van der Waals surface area contributed by atoms with E-state index in [0.717, 1.165) is 12.0 Å². The first-order valence-electron chi connectivity index (χ1n) is 8.69. The van der Waals surface area contributed by atoms with E-state index in [9.17, 15) is 14.3 Å². The number of piperidine rings is 1. The number of hydrogen-bond acceptors (Lipinski definition) is 3. The molecule has 0 aromatic heterocycles. The van der Waals surface area contributed by atoms with Crippen LogP contribution >= 0.6 is 0 Å². The van der Waals surface area contributed by atoms with Gasteiger partial charge in [-0.2, -0.15) is 0 Å². The largest absolute Gasteiger partial charge is 0.393 e. The molecule has 24 heavy (non-hydrogen) atoms. The molecule has 0 atom stereocenters. The first kappa shape index (κ1) is 18.5. The summed E-state index contributed by atoms with van der Waals surface area (Å²) in [7, 11) is 0. The van der Waals surface area contributed by atoms with Crippen molar-refractivity contribution in [2.75, 3.05) is 24.5 Å². The summed E-state index contributed by atoms with van der Waals surface area (Å²) in [4.78, 5) is 13.6. The van der Waals surface area contributed by atoms with Crippen LogP contribution in [0, 0.1) is 11.7 Å². The molecule has 0 aliphatic carbocycles. The molecule has 5 nitrogen and oxygen atoms in total. The van der Waals surface area contributed by atoms with Gasteiger partial charge in [-0.1, -0.05) is 19.9 Å². The van der Waals surface area contributed by atoms with Crippen LogP contribution in [-0.2, 0) is 6.54 Å². The molecule has 1 aliphatic rings. The van der Waals surface area contributed by atoms with Crippen molar-refractivity contribution in [2.45, 2.75) is 45.8 Å². The van der Waals surface area contributed by atoms with Gasteiger partial charge in [0.25, 0.3) is 0 Å². The third kappa shape index (κ3) is 5.67. The van der Waals surface area contributed by atoms with Gasteiger partial charge in [-0.05, 0) is 42.9 Å². The molecule has 2 rings (SSSR count). The standard InChI is InChI=1S/C18H28FN3O2/c1-13(2)5-8-20-18(24)21-12-14-3-4-17(16(19)11-14)22-9-6-15(23)7-10-22/h3-4,11,13,15,23H,5-10,12H2,1-2H3,(H2,20,21,24). The fraction of sp³-hybridized carbons (Fsp3) is 0.611. The zero-order valence-electron chi connectivity index (χ0n) is 14.5. The number of carbonyl (C=O) groups is 1. The molecule has 2 amide bonds. The summed E-state index contributed by atoms with van der Waals surface area (Å²) < 4.78 is 14.3. The molecule has 1 fully saturated rings. The summed E-state index contributed by atoms with van der Waals surface area (Å²) in [5, 5.41) is 15.1. The summed E-state index contributed by atoms with van der Waals surface area (Å²) in [5.41, 5.74) is 1.29. The Morgan fingerprint density at radius 3 is 2.67 bits per heavy atom. The lowest BCUT2D eigenvalue weighted by atomic mass is 10.1. The van der Waals surface area contributed by atoms with Gasteiger partial charge in [0.15, 0.2) is 0 Å². The molecule has 1 heterocycles. The maximum absolute atomic E-state index is 14.3. The Labute approximate surface area is 143 Å². The van der Waals surface area contributed by atoms with E-state index in [1.807, 2.05) is 11.0 Å². The monoisotopic (exact) mass is 337 g/mol. The number of aliphatic hydroxyl groups excluding tert-OH is 1. The number of benzene rings is 1. The van der Waals surface area contributed by atoms with Gasteiger partial charge in [0.05, 0.1) is 11.8 Å². The van der Waals surface area contributed by atoms with Crippen molar-refractivity contribution < 1.29 is 14.3 Å². The molecule has 1 aliphatic heterocycles. The SMILES string of the molecule is CC(C)CCNC(=O)NCc1ccc(N2CCC(O)CC2)c(F)c1. The van der Waals surface area contributed by atoms with Crippen LogP contribution in [0.5, 0.6) is 0 Å². The van der Waals surface area contributed by atoms with Crippen LogP contribution in [0.15, 0.2) is 18.2 Å². The average Bonchev–Trinajstić information content (AvgIpc) is 2.54. The number of carbonyl (C=O) groups excluding carboxylic acids is 1. The normalized spacial score (nSPS) is 15.6. The van der Waals surface area contributed by atoms with Crippen LogP contribution in [0.2, 0.25) is 0 Å². The summed E-state index contributed by atoms with van der Waals surface area (Å²) in [5.74, 6) is 0.258. The van der Waals surface area contributed by atoms with Crippen molar-refractivity contribution in [3.8, 4) is 0 Å². The molecule has 0 bridgehead atoms. The predicted molar refractivity (Wildman–Crippen MR) is 93.5 cm³/mol. The number of anilines is 1. The van der Waals surface area contributed by atoms with Crippen LogP contribution in [0.25, 0.3) is 0 Å². The maximum atomic E-state index is 14.3. The fourth-order valence-electron chi connectivity index (χ4n) is 2.74. The summed E-state index contributed by atoms with van der Waals surface area (Å²) in [6.07, 6.45) is 1.99. The van der Waals surface area contributed by atoms with E-state index >= 15 is 0 Å². The van der Waals surface area contributed by atoms with Crippen LogP contribution in [0.3, 0.4) is 0 Å². The first-order chi connectivity index (χ1) is 11.5. The van der Waals surface area contributed by atoms with Gasteiger partial charge in [0.1, 0.15) is 5.82 Å². The van der Waals surface area contributed by atoms with Crippen LogP contribution in [-0.4, -0.2) is 36.9 Å². The van der Waals surface area contributed by atoms with E-state index in [1.54, 1.807) is 6.07 Å². The molecule has 6 heteroatoms. The van der Waals surface area contributed by atoms with Crippen molar-refractivity contribution in [3.05, 3.63) is 29.6 Å². The van der Waals surface area contributed by atoms with Crippen molar-refractivity contribution in [1.29, 1.82) is 0 Å². The molecular weight excluding hydrogens is 309 g/mol. The lowest BCUT2D eigenvalue weighted by Crippen LogP contribution is -2.36. The Morgan fingerprint density at radius 1 is 1.33 bits per heavy atom. The first-order valence-corrected chi connectivity index (χ1v) is 8.69. The van der Waals surface area contributed by atoms with Crippen LogP contribution < -0.4 is 15.5 Å². The van der Waals surface area contributed by atoms with E-state index < -0.39 is 0 Å². The summed E-state index contributed by atoms with van der Waals surface area (Å²) >= 11 is 0. The molecule has 1 saturated heterocycles. The Morgan fingerprint density at radius 2 is 2.04 bits per heavy atom. The molecule has 0 spiro atoms. The lowest BCUT2D eigenvalue weighted by Gasteiger charge is -2.31. The van der Waals surface area contributed by atoms with Crippen molar-refractivity contribution in [1.82, 2.24) is 10.6 Å². The van der Waals surface area contributed by atoms with Gasteiger partial charge in [-0.15, -0.1) is 0 Å². The second kappa shape index (κ2) is 8.87. The summed E-state index contributed by atoms with van der Waals surface area (Å²) in [6.45, 7) is 6.46. The number of nitrogens with one attached hydrogen (secondary N) is 2. The van der Waals surface area contributed by atoms with E-state index in [1.165, 1.54) is 6.07 Å². The topological polar surface area (TPSA) is 64.6 Å². The molecule has 0 radical (unpaired) electrons. The Hall–Kier alpha value is -1.82. The van der Waals surface area contributed by atoms with E-state index in [4.69, 9.17) is 0 Å². The molecule has 0 unspecified atom stereocenters. The van der Waals surface area contributed by atoms with E-state index in [2.05, 4.69) is 24.5 Å². The average molecular weight is 337 g/mol. The van der Waals surface area contributed by atoms with Crippen LogP contribution in [0.4, 0.5) is 14.9 Å². The molecule has 1 aromatic rings. The smallest absolute Gasteiger partial charge is 0.315 e. The number of nitrogens with zero attached hydrogens (tertiary/aromatic N) is 1. The third-order valence-corrected chi connectivity index (χ3v) is 4.28. The highest BCUT2D eigenvalue weighted by atomic mass is 19.1. The van der Waals surface area contributed by atoms with Gasteiger partial charge in [0, 0.05) is 26.2 Å². The molecule has 134 valence electrons. The second-order valence-electron chi connectivity index (χ2n) is 6.80. The highest BCUT2D eigenvalue weighted by Gasteiger charge is 2.19. The van der Waals surface area contributed by atoms with Gasteiger partial charge in [0.2, 0.25) is 0 Å². The number of aliphatic hydroxyl groups is 1. The highest BCUT2D eigenvalue weighted by molar-refractivity contribution is 5.73. The Bertz CT molecular complexity index is 543. The van der Waals surface area contributed by atoms with Gasteiger partial charge >= 0.3 is 6.03 Å². The maximum Gasteiger partial charge on any atom is 0.315 e. The molecular formula is C18H28FN3O2. The number of rotatable bonds is 6. The third-order valence-electron chi connectivity index (χ3n) is 4.28. The number of amides is 2. The number of halogens is 1. The van der Waals surface area contributed by atoms with Gasteiger partial charge < -0.3 is 20.6 Å². The van der Waals surface area contributed by atoms with E-state index in [0.29, 0.717) is 50.6 Å². The molecule has 0 saturated carbocycles. The van der Waals surface area contributed by atoms with Crippen molar-refractivity contribution in [2.24, 2.45) is 5.92 Å². The van der Waals surface area contributed by atoms with Crippen molar-refractivity contribution >= 4 is 11.7 Å². The Balaban J connectivity index is 1.82. The number of urea groups is 1. The van der Waals surface area contributed by atoms with E-state index in [-0.39, 0.29) is 18.0 Å². The number of hydrogen-bond donors (Lipinski definition) is 3. The quantitative estimate of drug-likeness (QED) is 0.748. The van der Waals surface area contributed by atoms with Gasteiger partial charge in [-0.3, -0.25) is 0 Å².